The number of carbonyl (C=O) groups excluding carboxylic acids is 1. The SMILES string of the molecule is CC(C(=O)Nc1ccccc1-c1ccccc1)N1CCN(CCOc2ccccc2)CC1. The number of hydrogen-bond donors (Lipinski definition) is 1. The van der Waals surface area contributed by atoms with E-state index < -0.39 is 0 Å². The number of carbonyl (C=O) groups is 1. The highest BCUT2D eigenvalue weighted by Crippen LogP contribution is 2.27. The van der Waals surface area contributed by atoms with Gasteiger partial charge in [-0.2, -0.15) is 0 Å². The van der Waals surface area contributed by atoms with Gasteiger partial charge in [-0.1, -0.05) is 66.7 Å². The van der Waals surface area contributed by atoms with Crippen LogP contribution in [0.2, 0.25) is 0 Å². The number of ether oxygens (including phenoxy) is 1. The molecule has 1 aliphatic rings. The van der Waals surface area contributed by atoms with Gasteiger partial charge in [-0.15, -0.1) is 0 Å². The summed E-state index contributed by atoms with van der Waals surface area (Å²) in [6.45, 7) is 7.20. The summed E-state index contributed by atoms with van der Waals surface area (Å²) in [7, 11) is 0. The van der Waals surface area contributed by atoms with Crippen LogP contribution >= 0.6 is 0 Å². The van der Waals surface area contributed by atoms with E-state index in [9.17, 15) is 4.79 Å². The van der Waals surface area contributed by atoms with Crippen molar-refractivity contribution < 1.29 is 9.53 Å². The summed E-state index contributed by atoms with van der Waals surface area (Å²) in [4.78, 5) is 17.7. The number of piperazine rings is 1. The van der Waals surface area contributed by atoms with E-state index in [0.29, 0.717) is 6.61 Å². The summed E-state index contributed by atoms with van der Waals surface area (Å²) < 4.78 is 5.82. The second-order valence-corrected chi connectivity index (χ2v) is 8.12. The molecule has 1 unspecified atom stereocenters. The topological polar surface area (TPSA) is 44.8 Å². The van der Waals surface area contributed by atoms with Gasteiger partial charge in [-0.05, 0) is 30.7 Å². The van der Waals surface area contributed by atoms with Crippen molar-refractivity contribution in [2.24, 2.45) is 0 Å². The number of anilines is 1. The molecule has 1 fully saturated rings. The molecule has 166 valence electrons. The van der Waals surface area contributed by atoms with Crippen LogP contribution in [0.15, 0.2) is 84.9 Å². The van der Waals surface area contributed by atoms with E-state index in [1.165, 1.54) is 0 Å². The van der Waals surface area contributed by atoms with Gasteiger partial charge in [-0.25, -0.2) is 0 Å². The van der Waals surface area contributed by atoms with Crippen molar-refractivity contribution in [1.29, 1.82) is 0 Å². The lowest BCUT2D eigenvalue weighted by Crippen LogP contribution is -2.53. The number of para-hydroxylation sites is 2. The van der Waals surface area contributed by atoms with Gasteiger partial charge in [0.25, 0.3) is 0 Å². The van der Waals surface area contributed by atoms with Crippen molar-refractivity contribution in [3.05, 3.63) is 84.9 Å². The van der Waals surface area contributed by atoms with E-state index in [0.717, 1.165) is 55.3 Å². The summed E-state index contributed by atoms with van der Waals surface area (Å²) in [5, 5.41) is 3.16. The Morgan fingerprint density at radius 1 is 0.875 bits per heavy atom. The molecule has 1 heterocycles. The first-order valence-corrected chi connectivity index (χ1v) is 11.3. The minimum atomic E-state index is -0.179. The fourth-order valence-corrected chi connectivity index (χ4v) is 4.05. The van der Waals surface area contributed by atoms with Gasteiger partial charge < -0.3 is 10.1 Å². The van der Waals surface area contributed by atoms with Crippen LogP contribution in [0, 0.1) is 0 Å². The Kier molecular flexibility index (Phi) is 7.54. The molecule has 0 aromatic heterocycles. The third-order valence-corrected chi connectivity index (χ3v) is 6.02. The molecule has 5 heteroatoms. The van der Waals surface area contributed by atoms with Crippen molar-refractivity contribution in [2.75, 3.05) is 44.6 Å². The van der Waals surface area contributed by atoms with Gasteiger partial charge in [0.1, 0.15) is 12.4 Å². The molecule has 0 radical (unpaired) electrons. The Morgan fingerprint density at radius 2 is 1.50 bits per heavy atom. The summed E-state index contributed by atoms with van der Waals surface area (Å²) in [6.07, 6.45) is 0. The first-order valence-electron chi connectivity index (χ1n) is 11.3. The van der Waals surface area contributed by atoms with E-state index >= 15 is 0 Å². The fraction of sp³-hybridized carbons (Fsp3) is 0.296. The molecule has 3 aromatic carbocycles. The van der Waals surface area contributed by atoms with Gasteiger partial charge in [0.05, 0.1) is 6.04 Å². The molecular formula is C27H31N3O2. The Morgan fingerprint density at radius 3 is 2.22 bits per heavy atom. The molecule has 1 saturated heterocycles. The lowest BCUT2D eigenvalue weighted by molar-refractivity contribution is -0.121. The molecule has 0 aliphatic carbocycles. The van der Waals surface area contributed by atoms with Crippen molar-refractivity contribution in [1.82, 2.24) is 9.80 Å². The normalized spacial score (nSPS) is 15.8. The predicted molar refractivity (Wildman–Crippen MR) is 130 cm³/mol. The van der Waals surface area contributed by atoms with Crippen LogP contribution in [0.5, 0.6) is 5.75 Å². The zero-order chi connectivity index (χ0) is 22.2. The van der Waals surface area contributed by atoms with E-state index in [-0.39, 0.29) is 11.9 Å². The largest absolute Gasteiger partial charge is 0.492 e. The van der Waals surface area contributed by atoms with Crippen LogP contribution in [-0.2, 0) is 4.79 Å². The van der Waals surface area contributed by atoms with Crippen molar-refractivity contribution in [2.45, 2.75) is 13.0 Å². The van der Waals surface area contributed by atoms with E-state index in [1.807, 2.05) is 79.7 Å². The highest BCUT2D eigenvalue weighted by molar-refractivity contribution is 5.98. The number of rotatable bonds is 8. The van der Waals surface area contributed by atoms with E-state index in [1.54, 1.807) is 0 Å². The average Bonchev–Trinajstić information content (AvgIpc) is 2.85. The van der Waals surface area contributed by atoms with Crippen molar-refractivity contribution >= 4 is 11.6 Å². The van der Waals surface area contributed by atoms with Crippen LogP contribution in [0.3, 0.4) is 0 Å². The van der Waals surface area contributed by atoms with Crippen LogP contribution in [-0.4, -0.2) is 61.1 Å². The highest BCUT2D eigenvalue weighted by Gasteiger charge is 2.26. The Balaban J connectivity index is 1.27. The Hall–Kier alpha value is -3.15. The first-order chi connectivity index (χ1) is 15.7. The molecule has 1 atom stereocenters. The van der Waals surface area contributed by atoms with Crippen LogP contribution in [0.4, 0.5) is 5.69 Å². The second-order valence-electron chi connectivity index (χ2n) is 8.12. The molecule has 0 bridgehead atoms. The lowest BCUT2D eigenvalue weighted by atomic mass is 10.0. The Bertz CT molecular complexity index is 986. The molecule has 1 aliphatic heterocycles. The molecule has 0 spiro atoms. The molecular weight excluding hydrogens is 398 g/mol. The number of hydrogen-bond acceptors (Lipinski definition) is 4. The van der Waals surface area contributed by atoms with E-state index in [4.69, 9.17) is 4.74 Å². The number of benzene rings is 3. The minimum Gasteiger partial charge on any atom is -0.492 e. The summed E-state index contributed by atoms with van der Waals surface area (Å²) >= 11 is 0. The van der Waals surface area contributed by atoms with Crippen molar-refractivity contribution in [3.63, 3.8) is 0 Å². The maximum atomic E-state index is 13.0. The third kappa shape index (κ3) is 5.75. The monoisotopic (exact) mass is 429 g/mol. The zero-order valence-corrected chi connectivity index (χ0v) is 18.6. The Labute approximate surface area is 190 Å². The average molecular weight is 430 g/mol. The molecule has 1 N–H and O–H groups in total. The van der Waals surface area contributed by atoms with Crippen LogP contribution in [0.25, 0.3) is 11.1 Å². The van der Waals surface area contributed by atoms with Gasteiger partial charge in [0, 0.05) is 44.0 Å². The third-order valence-electron chi connectivity index (χ3n) is 6.02. The quantitative estimate of drug-likeness (QED) is 0.577. The van der Waals surface area contributed by atoms with Crippen molar-refractivity contribution in [3.8, 4) is 16.9 Å². The molecule has 4 rings (SSSR count). The number of nitrogens with one attached hydrogen (secondary N) is 1. The second kappa shape index (κ2) is 10.9. The van der Waals surface area contributed by atoms with Gasteiger partial charge in [-0.3, -0.25) is 14.6 Å². The lowest BCUT2D eigenvalue weighted by Gasteiger charge is -2.37. The number of nitrogens with zero attached hydrogens (tertiary/aromatic N) is 2. The molecule has 1 amide bonds. The summed E-state index contributed by atoms with van der Waals surface area (Å²) in [5.74, 6) is 0.946. The summed E-state index contributed by atoms with van der Waals surface area (Å²) in [5.41, 5.74) is 2.99. The molecule has 0 saturated carbocycles. The van der Waals surface area contributed by atoms with Gasteiger partial charge >= 0.3 is 0 Å². The molecule has 5 nitrogen and oxygen atoms in total. The zero-order valence-electron chi connectivity index (χ0n) is 18.6. The standard InChI is InChI=1S/C27H31N3O2/c1-22(27(31)28-26-15-9-8-14-25(26)23-10-4-2-5-11-23)30-18-16-29(17-19-30)20-21-32-24-12-6-3-7-13-24/h2-15,22H,16-21H2,1H3,(H,28,31). The predicted octanol–water partition coefficient (Wildman–Crippen LogP) is 4.38. The van der Waals surface area contributed by atoms with Crippen LogP contribution < -0.4 is 10.1 Å². The molecule has 3 aromatic rings. The maximum Gasteiger partial charge on any atom is 0.241 e. The summed E-state index contributed by atoms with van der Waals surface area (Å²) in [6, 6.07) is 27.9. The first kappa shape index (κ1) is 22.1. The van der Waals surface area contributed by atoms with E-state index in [2.05, 4.69) is 27.2 Å². The highest BCUT2D eigenvalue weighted by atomic mass is 16.5. The minimum absolute atomic E-state index is 0.0363. The smallest absolute Gasteiger partial charge is 0.241 e. The number of amides is 1. The van der Waals surface area contributed by atoms with Gasteiger partial charge in [0.15, 0.2) is 0 Å². The van der Waals surface area contributed by atoms with Crippen LogP contribution in [0.1, 0.15) is 6.92 Å². The molecule has 32 heavy (non-hydrogen) atoms. The fourth-order valence-electron chi connectivity index (χ4n) is 4.05. The van der Waals surface area contributed by atoms with Gasteiger partial charge in [0.2, 0.25) is 5.91 Å². The maximum absolute atomic E-state index is 13.0.